The summed E-state index contributed by atoms with van der Waals surface area (Å²) in [6.45, 7) is 0.110. The molecule has 0 bridgehead atoms. The number of aromatic nitrogens is 1. The smallest absolute Gasteiger partial charge is 0.331 e. The highest BCUT2D eigenvalue weighted by Crippen LogP contribution is 2.36. The van der Waals surface area contributed by atoms with Crippen molar-refractivity contribution in [2.24, 2.45) is 0 Å². The molecule has 1 heterocycles. The largest absolute Gasteiger partial charge is 0.493 e. The van der Waals surface area contributed by atoms with Crippen molar-refractivity contribution in [2.75, 3.05) is 14.2 Å². The molecule has 2 aromatic carbocycles. The van der Waals surface area contributed by atoms with Crippen molar-refractivity contribution in [3.63, 3.8) is 0 Å². The highest BCUT2D eigenvalue weighted by molar-refractivity contribution is 7.13. The lowest BCUT2D eigenvalue weighted by Crippen LogP contribution is -2.01. The molecule has 0 amide bonds. The van der Waals surface area contributed by atoms with Gasteiger partial charge in [-0.15, -0.1) is 11.3 Å². The van der Waals surface area contributed by atoms with Crippen molar-refractivity contribution in [3.05, 3.63) is 70.2 Å². The predicted molar refractivity (Wildman–Crippen MR) is 111 cm³/mol. The monoisotopic (exact) mass is 415 g/mol. The van der Waals surface area contributed by atoms with Gasteiger partial charge in [-0.2, -0.15) is 0 Å². The summed E-state index contributed by atoms with van der Waals surface area (Å²) in [5.74, 6) is 0.459. The molecule has 3 rings (SSSR count). The van der Waals surface area contributed by atoms with Gasteiger partial charge in [0.25, 0.3) is 0 Å². The Morgan fingerprint density at radius 3 is 2.68 bits per heavy atom. The number of nitrogens with zero attached hydrogens (tertiary/aromatic N) is 1. The molecule has 144 valence electrons. The summed E-state index contributed by atoms with van der Waals surface area (Å²) in [7, 11) is 3.03. The highest BCUT2D eigenvalue weighted by atomic mass is 35.5. The van der Waals surface area contributed by atoms with Gasteiger partial charge in [0.15, 0.2) is 11.5 Å². The summed E-state index contributed by atoms with van der Waals surface area (Å²) in [5, 5.41) is 3.17. The number of hydrogen-bond donors (Lipinski definition) is 0. The lowest BCUT2D eigenvalue weighted by molar-refractivity contribution is -0.139. The first-order chi connectivity index (χ1) is 13.6. The second kappa shape index (κ2) is 9.39. The Hall–Kier alpha value is -2.83. The van der Waals surface area contributed by atoms with E-state index in [2.05, 4.69) is 4.98 Å². The standard InChI is InChI=1S/C21H18ClNO4S/c1-25-18-11-14(10-17(22)20(18)26-2)8-9-19(24)27-12-16-13-28-21(23-16)15-6-4-3-5-7-15/h3-11,13H,12H2,1-2H3. The lowest BCUT2D eigenvalue weighted by atomic mass is 10.2. The number of esters is 1. The third-order valence-electron chi connectivity index (χ3n) is 3.80. The number of methoxy groups -OCH3 is 2. The molecule has 0 spiro atoms. The van der Waals surface area contributed by atoms with Gasteiger partial charge in [0.05, 0.1) is 24.9 Å². The lowest BCUT2D eigenvalue weighted by Gasteiger charge is -2.10. The molecular weight excluding hydrogens is 398 g/mol. The molecular formula is C21H18ClNO4S. The first-order valence-electron chi connectivity index (χ1n) is 8.37. The zero-order valence-electron chi connectivity index (χ0n) is 15.3. The number of thiazole rings is 1. The van der Waals surface area contributed by atoms with Crippen LogP contribution in [0, 0.1) is 0 Å². The normalized spacial score (nSPS) is 10.8. The maximum Gasteiger partial charge on any atom is 0.331 e. The number of rotatable bonds is 7. The van der Waals surface area contributed by atoms with Gasteiger partial charge in [-0.3, -0.25) is 0 Å². The Balaban J connectivity index is 1.60. The van der Waals surface area contributed by atoms with E-state index in [-0.39, 0.29) is 6.61 Å². The van der Waals surface area contributed by atoms with Crippen molar-refractivity contribution >= 4 is 35.0 Å². The Kier molecular flexibility index (Phi) is 6.68. The van der Waals surface area contributed by atoms with Crippen molar-refractivity contribution in [3.8, 4) is 22.1 Å². The molecule has 0 atom stereocenters. The zero-order valence-corrected chi connectivity index (χ0v) is 16.9. The molecule has 0 aliphatic rings. The Labute approximate surface area is 172 Å². The van der Waals surface area contributed by atoms with Gasteiger partial charge >= 0.3 is 5.97 Å². The van der Waals surface area contributed by atoms with Crippen LogP contribution >= 0.6 is 22.9 Å². The first kappa shape index (κ1) is 19.9. The molecule has 0 unspecified atom stereocenters. The molecule has 0 radical (unpaired) electrons. The van der Waals surface area contributed by atoms with Crippen LogP contribution < -0.4 is 9.47 Å². The third-order valence-corrected chi connectivity index (χ3v) is 5.02. The van der Waals surface area contributed by atoms with Crippen LogP contribution in [0.4, 0.5) is 0 Å². The minimum Gasteiger partial charge on any atom is -0.493 e. The second-order valence-electron chi connectivity index (χ2n) is 5.69. The minimum atomic E-state index is -0.472. The van der Waals surface area contributed by atoms with E-state index in [9.17, 15) is 4.79 Å². The molecule has 5 nitrogen and oxygen atoms in total. The number of ether oxygens (including phenoxy) is 3. The van der Waals surface area contributed by atoms with Gasteiger partial charge in [-0.1, -0.05) is 41.9 Å². The zero-order chi connectivity index (χ0) is 19.9. The molecule has 28 heavy (non-hydrogen) atoms. The van der Waals surface area contributed by atoms with E-state index in [0.29, 0.717) is 27.8 Å². The molecule has 0 saturated carbocycles. The van der Waals surface area contributed by atoms with Crippen LogP contribution in [0.1, 0.15) is 11.3 Å². The summed E-state index contributed by atoms with van der Waals surface area (Å²) in [6.07, 6.45) is 2.94. The SMILES string of the molecule is COc1cc(C=CC(=O)OCc2csc(-c3ccccc3)n2)cc(Cl)c1OC. The topological polar surface area (TPSA) is 57.7 Å². The summed E-state index contributed by atoms with van der Waals surface area (Å²) in [6, 6.07) is 13.3. The van der Waals surface area contributed by atoms with Crippen molar-refractivity contribution < 1.29 is 19.0 Å². The average Bonchev–Trinajstić information content (AvgIpc) is 3.20. The van der Waals surface area contributed by atoms with Crippen molar-refractivity contribution in [2.45, 2.75) is 6.61 Å². The van der Waals surface area contributed by atoms with Crippen LogP contribution in [-0.4, -0.2) is 25.2 Å². The van der Waals surface area contributed by atoms with Crippen LogP contribution in [0.5, 0.6) is 11.5 Å². The number of halogens is 1. The fourth-order valence-electron chi connectivity index (χ4n) is 2.48. The highest BCUT2D eigenvalue weighted by Gasteiger charge is 2.10. The summed E-state index contributed by atoms with van der Waals surface area (Å²) >= 11 is 7.67. The Morgan fingerprint density at radius 1 is 1.18 bits per heavy atom. The van der Waals surface area contributed by atoms with E-state index in [0.717, 1.165) is 10.6 Å². The van der Waals surface area contributed by atoms with Crippen LogP contribution in [0.25, 0.3) is 16.6 Å². The molecule has 0 N–H and O–H groups in total. The Morgan fingerprint density at radius 2 is 1.96 bits per heavy atom. The second-order valence-corrected chi connectivity index (χ2v) is 6.95. The van der Waals surface area contributed by atoms with Crippen LogP contribution in [0.2, 0.25) is 5.02 Å². The van der Waals surface area contributed by atoms with Crippen molar-refractivity contribution in [1.29, 1.82) is 0 Å². The Bertz CT molecular complexity index is 985. The fourth-order valence-corrected chi connectivity index (χ4v) is 3.58. The number of carbonyl (C=O) groups excluding carboxylic acids is 1. The van der Waals surface area contributed by atoms with Gasteiger partial charge in [-0.05, 0) is 23.8 Å². The third kappa shape index (κ3) is 4.91. The molecule has 0 aliphatic carbocycles. The van der Waals surface area contributed by atoms with Gasteiger partial charge in [0.1, 0.15) is 11.6 Å². The molecule has 1 aromatic heterocycles. The molecule has 0 fully saturated rings. The maximum absolute atomic E-state index is 12.0. The van der Waals surface area contributed by atoms with Crippen molar-refractivity contribution in [1.82, 2.24) is 4.98 Å². The average molecular weight is 416 g/mol. The first-order valence-corrected chi connectivity index (χ1v) is 9.62. The van der Waals surface area contributed by atoms with Gasteiger partial charge in [0, 0.05) is 17.0 Å². The fraction of sp³-hybridized carbons (Fsp3) is 0.143. The van der Waals surface area contributed by atoms with Crippen LogP contribution in [0.3, 0.4) is 0 Å². The van der Waals surface area contributed by atoms with Gasteiger partial charge in [0.2, 0.25) is 0 Å². The molecule has 7 heteroatoms. The van der Waals surface area contributed by atoms with E-state index in [4.69, 9.17) is 25.8 Å². The van der Waals surface area contributed by atoms with E-state index >= 15 is 0 Å². The minimum absolute atomic E-state index is 0.110. The quantitative estimate of drug-likeness (QED) is 0.390. The molecule has 3 aromatic rings. The van der Waals surface area contributed by atoms with Crippen LogP contribution in [-0.2, 0) is 16.1 Å². The summed E-state index contributed by atoms with van der Waals surface area (Å²) in [4.78, 5) is 16.5. The predicted octanol–water partition coefficient (Wildman–Crippen LogP) is 5.24. The summed E-state index contributed by atoms with van der Waals surface area (Å²) in [5.41, 5.74) is 2.44. The number of hydrogen-bond acceptors (Lipinski definition) is 6. The summed E-state index contributed by atoms with van der Waals surface area (Å²) < 4.78 is 15.7. The van der Waals surface area contributed by atoms with Crippen LogP contribution in [0.15, 0.2) is 53.9 Å². The number of carbonyl (C=O) groups is 1. The van der Waals surface area contributed by atoms with E-state index in [1.54, 1.807) is 18.2 Å². The maximum atomic E-state index is 12.0. The van der Waals surface area contributed by atoms with Gasteiger partial charge < -0.3 is 14.2 Å². The van der Waals surface area contributed by atoms with Gasteiger partial charge in [-0.25, -0.2) is 9.78 Å². The van der Waals surface area contributed by atoms with E-state index in [1.165, 1.54) is 31.6 Å². The molecule has 0 saturated heterocycles. The van der Waals surface area contributed by atoms with E-state index in [1.807, 2.05) is 35.7 Å². The van der Waals surface area contributed by atoms with E-state index < -0.39 is 5.97 Å². The number of benzene rings is 2. The molecule has 0 aliphatic heterocycles.